The number of nitrogens with one attached hydrogen (secondary N) is 3. The third-order valence-corrected chi connectivity index (χ3v) is 6.34. The van der Waals surface area contributed by atoms with E-state index in [1.807, 2.05) is 0 Å². The van der Waals surface area contributed by atoms with Crippen LogP contribution in [0.3, 0.4) is 0 Å². The lowest BCUT2D eigenvalue weighted by Gasteiger charge is -2.25. The molecule has 0 fully saturated rings. The largest absolute Gasteiger partial charge is 0.508 e. The third-order valence-electron chi connectivity index (χ3n) is 6.34. The number of carbonyl (C=O) groups excluding carboxylic acids is 5. The number of aromatic hydroxyl groups is 2. The first-order chi connectivity index (χ1) is 20.2. The van der Waals surface area contributed by atoms with Crippen LogP contribution in [0.5, 0.6) is 11.5 Å². The number of phenols is 2. The second kappa shape index (κ2) is 16.3. The molecule has 0 aliphatic carbocycles. The molecule has 0 aromatic heterocycles. The molecule has 2 aromatic carbocycles. The SMILES string of the molecule is NC(=O)CC[C@H](NC(=O)[C@H](CCC(N)=O)NC(=O)[C@H](Cc1ccc(O)cc1)NC(=O)[C@@H](N)Cc1ccc(O)cc1)C(=O)O. The van der Waals surface area contributed by atoms with Crippen molar-refractivity contribution in [3.63, 3.8) is 0 Å². The van der Waals surface area contributed by atoms with Gasteiger partial charge in [0.05, 0.1) is 6.04 Å². The van der Waals surface area contributed by atoms with Crippen LogP contribution < -0.4 is 33.2 Å². The predicted octanol–water partition coefficient (Wildman–Crippen LogP) is -1.72. The Morgan fingerprint density at radius 1 is 0.605 bits per heavy atom. The zero-order chi connectivity index (χ0) is 32.1. The van der Waals surface area contributed by atoms with Gasteiger partial charge in [0.25, 0.3) is 0 Å². The summed E-state index contributed by atoms with van der Waals surface area (Å²) in [5.74, 6) is -5.54. The molecule has 0 aliphatic rings. The van der Waals surface area contributed by atoms with Gasteiger partial charge in [-0.05, 0) is 54.7 Å². The molecule has 43 heavy (non-hydrogen) atoms. The first-order valence-corrected chi connectivity index (χ1v) is 13.3. The van der Waals surface area contributed by atoms with Gasteiger partial charge in [-0.2, -0.15) is 0 Å². The third kappa shape index (κ3) is 12.1. The van der Waals surface area contributed by atoms with Crippen LogP contribution in [0.25, 0.3) is 0 Å². The number of rotatable bonds is 17. The minimum absolute atomic E-state index is 0.0304. The molecule has 0 saturated heterocycles. The molecule has 0 unspecified atom stereocenters. The molecule has 0 spiro atoms. The number of benzene rings is 2. The second-order valence-corrected chi connectivity index (χ2v) is 9.88. The van der Waals surface area contributed by atoms with E-state index >= 15 is 0 Å². The maximum absolute atomic E-state index is 13.4. The van der Waals surface area contributed by atoms with Crippen LogP contribution in [0.2, 0.25) is 0 Å². The fraction of sp³-hybridized carbons (Fsp3) is 0.357. The number of carboxylic acid groups (broad SMARTS) is 1. The van der Waals surface area contributed by atoms with Crippen LogP contribution in [0.15, 0.2) is 48.5 Å². The molecular weight excluding hydrogens is 564 g/mol. The van der Waals surface area contributed by atoms with E-state index in [4.69, 9.17) is 17.2 Å². The summed E-state index contributed by atoms with van der Waals surface area (Å²) in [6.45, 7) is 0. The number of hydrogen-bond acceptors (Lipinski definition) is 9. The first kappa shape index (κ1) is 34.0. The molecule has 12 N–H and O–H groups in total. The van der Waals surface area contributed by atoms with Gasteiger partial charge in [-0.3, -0.25) is 24.0 Å². The van der Waals surface area contributed by atoms with Gasteiger partial charge in [0.15, 0.2) is 0 Å². The number of primary amides is 2. The summed E-state index contributed by atoms with van der Waals surface area (Å²) < 4.78 is 0. The number of hydrogen-bond donors (Lipinski definition) is 9. The van der Waals surface area contributed by atoms with Gasteiger partial charge in [-0.1, -0.05) is 24.3 Å². The Hall–Kier alpha value is -5.18. The average molecular weight is 601 g/mol. The lowest BCUT2D eigenvalue weighted by molar-refractivity contribution is -0.142. The fourth-order valence-corrected chi connectivity index (χ4v) is 3.98. The molecule has 0 heterocycles. The topological polar surface area (TPSA) is 277 Å². The van der Waals surface area contributed by atoms with Crippen molar-refractivity contribution in [2.45, 2.75) is 62.7 Å². The fourth-order valence-electron chi connectivity index (χ4n) is 3.98. The highest BCUT2D eigenvalue weighted by molar-refractivity contribution is 5.94. The van der Waals surface area contributed by atoms with E-state index in [2.05, 4.69) is 16.0 Å². The molecule has 2 rings (SSSR count). The molecule has 232 valence electrons. The van der Waals surface area contributed by atoms with Gasteiger partial charge in [0.2, 0.25) is 29.5 Å². The van der Waals surface area contributed by atoms with E-state index < -0.39 is 59.7 Å². The first-order valence-electron chi connectivity index (χ1n) is 13.3. The number of aliphatic carboxylic acids is 1. The normalized spacial score (nSPS) is 13.5. The van der Waals surface area contributed by atoms with Gasteiger partial charge in [-0.15, -0.1) is 0 Å². The number of nitrogens with two attached hydrogens (primary N) is 3. The number of amides is 5. The number of carboxylic acids is 1. The van der Waals surface area contributed by atoms with Gasteiger partial charge < -0.3 is 48.5 Å². The van der Waals surface area contributed by atoms with Crippen LogP contribution in [-0.2, 0) is 41.6 Å². The summed E-state index contributed by atoms with van der Waals surface area (Å²) in [4.78, 5) is 73.6. The molecule has 4 atom stereocenters. The van der Waals surface area contributed by atoms with Gasteiger partial charge in [0, 0.05) is 19.3 Å². The van der Waals surface area contributed by atoms with Gasteiger partial charge >= 0.3 is 5.97 Å². The summed E-state index contributed by atoms with van der Waals surface area (Å²) in [6, 6.07) is 6.47. The van der Waals surface area contributed by atoms with Crippen LogP contribution in [0.1, 0.15) is 36.8 Å². The molecule has 2 aromatic rings. The molecule has 0 saturated carbocycles. The van der Waals surface area contributed by atoms with Crippen molar-refractivity contribution in [3.8, 4) is 11.5 Å². The van der Waals surface area contributed by atoms with Gasteiger partial charge in [-0.25, -0.2) is 4.79 Å². The van der Waals surface area contributed by atoms with Crippen LogP contribution >= 0.6 is 0 Å². The molecular formula is C28H36N6O9. The summed E-state index contributed by atoms with van der Waals surface area (Å²) >= 11 is 0. The van der Waals surface area contributed by atoms with E-state index in [1.54, 1.807) is 12.1 Å². The zero-order valence-electron chi connectivity index (χ0n) is 23.2. The molecule has 0 bridgehead atoms. The van der Waals surface area contributed by atoms with Crippen molar-refractivity contribution in [2.75, 3.05) is 0 Å². The summed E-state index contributed by atoms with van der Waals surface area (Å²) in [6.07, 6.45) is -1.30. The van der Waals surface area contributed by atoms with Crippen LogP contribution in [-0.4, -0.2) is 75.0 Å². The minimum atomic E-state index is -1.52. The Kier molecular flexibility index (Phi) is 12.9. The molecule has 0 radical (unpaired) electrons. The summed E-state index contributed by atoms with van der Waals surface area (Å²) in [7, 11) is 0. The van der Waals surface area contributed by atoms with Crippen molar-refractivity contribution < 1.29 is 44.1 Å². The Labute approximate surface area is 246 Å². The Balaban J connectivity index is 2.25. The molecule has 5 amide bonds. The maximum Gasteiger partial charge on any atom is 0.326 e. The monoisotopic (exact) mass is 600 g/mol. The summed E-state index contributed by atoms with van der Waals surface area (Å²) in [5.41, 5.74) is 17.5. The van der Waals surface area contributed by atoms with E-state index in [0.717, 1.165) is 0 Å². The highest BCUT2D eigenvalue weighted by Gasteiger charge is 2.31. The number of phenolic OH excluding ortho intramolecular Hbond substituents is 2. The van der Waals surface area contributed by atoms with E-state index in [-0.39, 0.29) is 50.0 Å². The number of carbonyl (C=O) groups is 6. The highest BCUT2D eigenvalue weighted by Crippen LogP contribution is 2.14. The van der Waals surface area contributed by atoms with Crippen LogP contribution in [0, 0.1) is 0 Å². The smallest absolute Gasteiger partial charge is 0.326 e. The maximum atomic E-state index is 13.4. The molecule has 0 aliphatic heterocycles. The lowest BCUT2D eigenvalue weighted by atomic mass is 10.0. The standard InChI is InChI=1S/C28H36N6O9/c29-19(13-15-1-5-17(35)6-2-15)25(39)34-22(14-16-3-7-18(36)8-4-16)27(41)32-20(9-11-23(30)37)26(40)33-21(28(42)43)10-12-24(31)38/h1-8,19-22,35-36H,9-14,29H2,(H2,30,37)(H2,31,38)(H,32,41)(H,33,40)(H,34,39)(H,42,43)/t19-,20-,21-,22-/m0/s1. The predicted molar refractivity (Wildman–Crippen MR) is 152 cm³/mol. The van der Waals surface area contributed by atoms with Crippen molar-refractivity contribution in [2.24, 2.45) is 17.2 Å². The Morgan fingerprint density at radius 3 is 1.47 bits per heavy atom. The average Bonchev–Trinajstić information content (AvgIpc) is 2.94. The van der Waals surface area contributed by atoms with Crippen LogP contribution in [0.4, 0.5) is 0 Å². The zero-order valence-corrected chi connectivity index (χ0v) is 23.2. The van der Waals surface area contributed by atoms with Gasteiger partial charge in [0.1, 0.15) is 29.6 Å². The second-order valence-electron chi connectivity index (χ2n) is 9.88. The molecule has 15 heteroatoms. The highest BCUT2D eigenvalue weighted by atomic mass is 16.4. The Morgan fingerprint density at radius 2 is 1.00 bits per heavy atom. The summed E-state index contributed by atoms with van der Waals surface area (Å²) in [5, 5.41) is 35.7. The molecule has 15 nitrogen and oxygen atoms in total. The van der Waals surface area contributed by atoms with E-state index in [0.29, 0.717) is 11.1 Å². The lowest BCUT2D eigenvalue weighted by Crippen LogP contribution is -2.58. The Bertz CT molecular complexity index is 1300. The van der Waals surface area contributed by atoms with Crippen molar-refractivity contribution in [3.05, 3.63) is 59.7 Å². The minimum Gasteiger partial charge on any atom is -0.508 e. The van der Waals surface area contributed by atoms with Crippen molar-refractivity contribution in [1.29, 1.82) is 0 Å². The van der Waals surface area contributed by atoms with E-state index in [1.165, 1.54) is 36.4 Å². The van der Waals surface area contributed by atoms with E-state index in [9.17, 15) is 44.1 Å². The van der Waals surface area contributed by atoms with Crippen molar-refractivity contribution >= 4 is 35.5 Å². The van der Waals surface area contributed by atoms with Crippen molar-refractivity contribution in [1.82, 2.24) is 16.0 Å². The quantitative estimate of drug-likeness (QED) is 0.0990.